The molecule has 1 aliphatic rings. The zero-order chi connectivity index (χ0) is 14.5. The Morgan fingerprint density at radius 3 is 2.85 bits per heavy atom. The Morgan fingerprint density at radius 2 is 2.20 bits per heavy atom. The summed E-state index contributed by atoms with van der Waals surface area (Å²) in [5, 5.41) is 2.87. The van der Waals surface area contributed by atoms with Gasteiger partial charge in [-0.3, -0.25) is 4.79 Å². The van der Waals surface area contributed by atoms with Crippen molar-refractivity contribution in [3.05, 3.63) is 35.4 Å². The molecule has 0 aromatic heterocycles. The van der Waals surface area contributed by atoms with E-state index < -0.39 is 6.04 Å². The van der Waals surface area contributed by atoms with Gasteiger partial charge in [-0.15, -0.1) is 0 Å². The van der Waals surface area contributed by atoms with Crippen LogP contribution in [0.15, 0.2) is 24.3 Å². The smallest absolute Gasteiger partial charge is 0.241 e. The topological polar surface area (TPSA) is 67.6 Å². The van der Waals surface area contributed by atoms with Crippen LogP contribution in [0.4, 0.5) is 0 Å². The molecule has 1 saturated heterocycles. The van der Waals surface area contributed by atoms with Gasteiger partial charge < -0.3 is 20.7 Å². The second kappa shape index (κ2) is 6.83. The number of aryl methyl sites for hydroxylation is 1. The van der Waals surface area contributed by atoms with Gasteiger partial charge in [0.05, 0.1) is 12.7 Å². The van der Waals surface area contributed by atoms with Crippen molar-refractivity contribution in [2.75, 3.05) is 33.3 Å². The van der Waals surface area contributed by atoms with Crippen LogP contribution in [0.5, 0.6) is 0 Å². The van der Waals surface area contributed by atoms with Crippen LogP contribution in [-0.4, -0.2) is 50.2 Å². The highest BCUT2D eigenvalue weighted by Crippen LogP contribution is 2.11. The molecule has 20 heavy (non-hydrogen) atoms. The third-order valence-corrected chi connectivity index (χ3v) is 3.56. The van der Waals surface area contributed by atoms with Crippen LogP contribution >= 0.6 is 0 Å². The van der Waals surface area contributed by atoms with Crippen molar-refractivity contribution < 1.29 is 9.53 Å². The fraction of sp³-hybridized carbons (Fsp3) is 0.533. The Morgan fingerprint density at radius 1 is 1.50 bits per heavy atom. The van der Waals surface area contributed by atoms with E-state index in [1.807, 2.05) is 31.2 Å². The first kappa shape index (κ1) is 15.0. The van der Waals surface area contributed by atoms with E-state index in [2.05, 4.69) is 17.3 Å². The minimum Gasteiger partial charge on any atom is -0.374 e. The molecule has 0 aliphatic carbocycles. The van der Waals surface area contributed by atoms with Gasteiger partial charge >= 0.3 is 0 Å². The van der Waals surface area contributed by atoms with Gasteiger partial charge in [0.1, 0.15) is 6.04 Å². The molecular formula is C15H23N3O2. The minimum atomic E-state index is -0.628. The lowest BCUT2D eigenvalue weighted by atomic mass is 10.1. The summed E-state index contributed by atoms with van der Waals surface area (Å²) in [5.41, 5.74) is 7.95. The van der Waals surface area contributed by atoms with Gasteiger partial charge in [0.2, 0.25) is 5.91 Å². The second-order valence-electron chi connectivity index (χ2n) is 5.39. The molecule has 0 saturated carbocycles. The Balaban J connectivity index is 1.83. The Labute approximate surface area is 120 Å². The number of morpholine rings is 1. The highest BCUT2D eigenvalue weighted by atomic mass is 16.5. The highest BCUT2D eigenvalue weighted by molar-refractivity contribution is 5.82. The normalized spacial score (nSPS) is 21.4. The van der Waals surface area contributed by atoms with E-state index in [-0.39, 0.29) is 12.0 Å². The summed E-state index contributed by atoms with van der Waals surface area (Å²) in [6.07, 6.45) is 0.0444. The standard InChI is InChI=1S/C15H23N3O2/c1-11-3-5-12(6-4-11)14(16)15(19)17-9-13-10-18(2)7-8-20-13/h3-6,13-14H,7-10,16H2,1-2H3,(H,17,19). The summed E-state index contributed by atoms with van der Waals surface area (Å²) in [5.74, 6) is -0.161. The van der Waals surface area contributed by atoms with Crippen molar-refractivity contribution in [1.29, 1.82) is 0 Å². The number of hydrogen-bond donors (Lipinski definition) is 2. The van der Waals surface area contributed by atoms with Crippen LogP contribution in [0.1, 0.15) is 17.2 Å². The molecule has 1 heterocycles. The predicted molar refractivity (Wildman–Crippen MR) is 78.4 cm³/mol. The van der Waals surface area contributed by atoms with Crippen molar-refractivity contribution in [1.82, 2.24) is 10.2 Å². The van der Waals surface area contributed by atoms with Crippen molar-refractivity contribution in [2.24, 2.45) is 5.73 Å². The average Bonchev–Trinajstić information content (AvgIpc) is 2.45. The predicted octanol–water partition coefficient (Wildman–Crippen LogP) is 0.442. The number of benzene rings is 1. The third-order valence-electron chi connectivity index (χ3n) is 3.56. The molecular weight excluding hydrogens is 254 g/mol. The first-order chi connectivity index (χ1) is 9.56. The number of rotatable bonds is 4. The number of ether oxygens (including phenoxy) is 1. The van der Waals surface area contributed by atoms with Crippen molar-refractivity contribution in [3.63, 3.8) is 0 Å². The molecule has 0 spiro atoms. The number of likely N-dealkylation sites (N-methyl/N-ethyl adjacent to an activating group) is 1. The van der Waals surface area contributed by atoms with E-state index in [1.165, 1.54) is 0 Å². The summed E-state index contributed by atoms with van der Waals surface area (Å²) in [7, 11) is 2.05. The fourth-order valence-corrected chi connectivity index (χ4v) is 2.24. The van der Waals surface area contributed by atoms with Gasteiger partial charge in [0.25, 0.3) is 0 Å². The van der Waals surface area contributed by atoms with E-state index in [9.17, 15) is 4.79 Å². The van der Waals surface area contributed by atoms with Crippen molar-refractivity contribution in [2.45, 2.75) is 19.1 Å². The Bertz CT molecular complexity index is 447. The SMILES string of the molecule is Cc1ccc(C(N)C(=O)NCC2CN(C)CCO2)cc1. The molecule has 2 unspecified atom stereocenters. The lowest BCUT2D eigenvalue weighted by Crippen LogP contribution is -2.47. The van der Waals surface area contributed by atoms with Crippen molar-refractivity contribution in [3.8, 4) is 0 Å². The van der Waals surface area contributed by atoms with Gasteiger partial charge in [-0.2, -0.15) is 0 Å². The maximum Gasteiger partial charge on any atom is 0.241 e. The van der Waals surface area contributed by atoms with E-state index >= 15 is 0 Å². The summed E-state index contributed by atoms with van der Waals surface area (Å²) >= 11 is 0. The van der Waals surface area contributed by atoms with Crippen LogP contribution in [0, 0.1) is 6.92 Å². The summed E-state index contributed by atoms with van der Waals surface area (Å²) in [6.45, 7) is 4.99. The summed E-state index contributed by atoms with van der Waals surface area (Å²) in [6, 6.07) is 7.08. The Kier molecular flexibility index (Phi) is 5.11. The van der Waals surface area contributed by atoms with Crippen LogP contribution in [0.2, 0.25) is 0 Å². The molecule has 0 radical (unpaired) electrons. The van der Waals surface area contributed by atoms with Gasteiger partial charge in [0.15, 0.2) is 0 Å². The lowest BCUT2D eigenvalue weighted by molar-refractivity contribution is -0.123. The summed E-state index contributed by atoms with van der Waals surface area (Å²) < 4.78 is 5.60. The highest BCUT2D eigenvalue weighted by Gasteiger charge is 2.20. The number of nitrogens with two attached hydrogens (primary N) is 1. The number of nitrogens with zero attached hydrogens (tertiary/aromatic N) is 1. The number of carbonyl (C=O) groups is 1. The molecule has 5 nitrogen and oxygen atoms in total. The number of amides is 1. The van der Waals surface area contributed by atoms with E-state index in [4.69, 9.17) is 10.5 Å². The number of nitrogens with one attached hydrogen (secondary N) is 1. The monoisotopic (exact) mass is 277 g/mol. The quantitative estimate of drug-likeness (QED) is 0.838. The van der Waals surface area contributed by atoms with Crippen LogP contribution in [0.25, 0.3) is 0 Å². The van der Waals surface area contributed by atoms with E-state index in [1.54, 1.807) is 0 Å². The maximum absolute atomic E-state index is 12.0. The zero-order valence-corrected chi connectivity index (χ0v) is 12.1. The minimum absolute atomic E-state index is 0.0444. The molecule has 110 valence electrons. The largest absolute Gasteiger partial charge is 0.374 e. The van der Waals surface area contributed by atoms with E-state index in [0.29, 0.717) is 13.2 Å². The number of carbonyl (C=O) groups excluding carboxylic acids is 1. The first-order valence-electron chi connectivity index (χ1n) is 6.96. The molecule has 5 heteroatoms. The lowest BCUT2D eigenvalue weighted by Gasteiger charge is -2.30. The molecule has 0 bridgehead atoms. The molecule has 1 amide bonds. The first-order valence-corrected chi connectivity index (χ1v) is 6.96. The molecule has 2 rings (SSSR count). The van der Waals surface area contributed by atoms with E-state index in [0.717, 1.165) is 24.2 Å². The van der Waals surface area contributed by atoms with Crippen LogP contribution in [0.3, 0.4) is 0 Å². The Hall–Kier alpha value is -1.43. The fourth-order valence-electron chi connectivity index (χ4n) is 2.24. The average molecular weight is 277 g/mol. The van der Waals surface area contributed by atoms with Gasteiger partial charge in [-0.05, 0) is 19.5 Å². The molecule has 1 aromatic rings. The molecule has 2 atom stereocenters. The second-order valence-corrected chi connectivity index (χ2v) is 5.39. The maximum atomic E-state index is 12.0. The van der Waals surface area contributed by atoms with Crippen LogP contribution in [-0.2, 0) is 9.53 Å². The van der Waals surface area contributed by atoms with Crippen molar-refractivity contribution >= 4 is 5.91 Å². The van der Waals surface area contributed by atoms with Crippen LogP contribution < -0.4 is 11.1 Å². The van der Waals surface area contributed by atoms with Gasteiger partial charge in [0, 0.05) is 19.6 Å². The molecule has 3 N–H and O–H groups in total. The number of hydrogen-bond acceptors (Lipinski definition) is 4. The molecule has 1 aliphatic heterocycles. The van der Waals surface area contributed by atoms with Gasteiger partial charge in [-0.1, -0.05) is 29.8 Å². The molecule has 1 fully saturated rings. The third kappa shape index (κ3) is 4.03. The molecule has 1 aromatic carbocycles. The summed E-state index contributed by atoms with van der Waals surface area (Å²) in [4.78, 5) is 14.2. The van der Waals surface area contributed by atoms with Gasteiger partial charge in [-0.25, -0.2) is 0 Å². The zero-order valence-electron chi connectivity index (χ0n) is 12.1.